The van der Waals surface area contributed by atoms with Crippen LogP contribution in [0.3, 0.4) is 0 Å². The second-order valence-corrected chi connectivity index (χ2v) is 8.02. The molecule has 0 radical (unpaired) electrons. The van der Waals surface area contributed by atoms with Crippen molar-refractivity contribution in [3.8, 4) is 11.1 Å². The van der Waals surface area contributed by atoms with E-state index in [1.807, 2.05) is 24.0 Å². The maximum absolute atomic E-state index is 11.9. The van der Waals surface area contributed by atoms with Gasteiger partial charge in [0.15, 0.2) is 31.3 Å². The number of hydrogen-bond acceptors (Lipinski definition) is 3. The fourth-order valence-corrected chi connectivity index (χ4v) is 3.69. The van der Waals surface area contributed by atoms with E-state index < -0.39 is 0 Å². The van der Waals surface area contributed by atoms with E-state index in [0.717, 1.165) is 38.0 Å². The van der Waals surface area contributed by atoms with Crippen molar-refractivity contribution in [2.75, 3.05) is 12.3 Å². The first-order valence-corrected chi connectivity index (χ1v) is 10.7. The van der Waals surface area contributed by atoms with Crippen LogP contribution < -0.4 is 14.5 Å². The van der Waals surface area contributed by atoms with E-state index in [0.29, 0.717) is 18.2 Å². The number of nitrogens with zero attached hydrogens (tertiary/aromatic N) is 2. The van der Waals surface area contributed by atoms with Gasteiger partial charge in [-0.25, -0.2) is 9.13 Å². The zero-order chi connectivity index (χ0) is 19.5. The molecule has 1 N–H and O–H groups in total. The lowest BCUT2D eigenvalue weighted by Crippen LogP contribution is -2.39. The van der Waals surface area contributed by atoms with Gasteiger partial charge in [-0.1, -0.05) is 6.42 Å². The van der Waals surface area contributed by atoms with E-state index >= 15 is 0 Å². The summed E-state index contributed by atoms with van der Waals surface area (Å²) in [6.45, 7) is 1.43. The molecule has 2 aromatic heterocycles. The summed E-state index contributed by atoms with van der Waals surface area (Å²) in [7, 11) is 2.01. The SMILES string of the molecule is C[n+]1ccc(-c2cc[n+](CCNC(=O)CCCCC(S)CCS)cc2)cc1. The number of amides is 1. The van der Waals surface area contributed by atoms with Crippen molar-refractivity contribution < 1.29 is 13.9 Å². The summed E-state index contributed by atoms with van der Waals surface area (Å²) in [6.07, 6.45) is 12.8. The van der Waals surface area contributed by atoms with Crippen LogP contribution in [-0.2, 0) is 18.4 Å². The molecule has 0 aliphatic rings. The summed E-state index contributed by atoms with van der Waals surface area (Å²) in [6, 6.07) is 8.42. The summed E-state index contributed by atoms with van der Waals surface area (Å²) < 4.78 is 4.11. The fourth-order valence-electron chi connectivity index (χ4n) is 2.86. The van der Waals surface area contributed by atoms with Crippen molar-refractivity contribution >= 4 is 31.2 Å². The number of pyridine rings is 2. The number of carbonyl (C=O) groups excluding carboxylic acids is 1. The molecule has 1 unspecified atom stereocenters. The summed E-state index contributed by atoms with van der Waals surface area (Å²) in [5, 5.41) is 3.41. The largest absolute Gasteiger partial charge is 0.350 e. The monoisotopic (exact) mass is 405 g/mol. The zero-order valence-electron chi connectivity index (χ0n) is 16.1. The molecule has 0 fully saturated rings. The molecule has 27 heavy (non-hydrogen) atoms. The van der Waals surface area contributed by atoms with Gasteiger partial charge in [0, 0.05) is 35.9 Å². The fraction of sp³-hybridized carbons (Fsp3) is 0.476. The number of aryl methyl sites for hydroxylation is 1. The first kappa shape index (κ1) is 21.8. The maximum Gasteiger partial charge on any atom is 0.220 e. The molecule has 0 spiro atoms. The Morgan fingerprint density at radius 2 is 1.67 bits per heavy atom. The van der Waals surface area contributed by atoms with Crippen LogP contribution >= 0.6 is 25.3 Å². The average molecular weight is 406 g/mol. The van der Waals surface area contributed by atoms with E-state index in [1.54, 1.807) is 0 Å². The summed E-state index contributed by atoms with van der Waals surface area (Å²) in [5.74, 6) is 1.01. The molecule has 4 nitrogen and oxygen atoms in total. The Labute approximate surface area is 173 Å². The van der Waals surface area contributed by atoms with Crippen molar-refractivity contribution in [2.24, 2.45) is 7.05 Å². The molecule has 1 atom stereocenters. The van der Waals surface area contributed by atoms with E-state index in [9.17, 15) is 4.79 Å². The van der Waals surface area contributed by atoms with E-state index in [1.165, 1.54) is 11.1 Å². The lowest BCUT2D eigenvalue weighted by molar-refractivity contribution is -0.694. The van der Waals surface area contributed by atoms with Gasteiger partial charge in [0.1, 0.15) is 7.05 Å². The molecule has 2 heterocycles. The van der Waals surface area contributed by atoms with Crippen LogP contribution in [0.1, 0.15) is 32.1 Å². The third-order valence-corrected chi connectivity index (χ3v) is 5.32. The van der Waals surface area contributed by atoms with Gasteiger partial charge in [-0.05, 0) is 36.1 Å². The van der Waals surface area contributed by atoms with Crippen molar-refractivity contribution in [3.05, 3.63) is 49.1 Å². The zero-order valence-corrected chi connectivity index (χ0v) is 17.8. The normalized spacial score (nSPS) is 12.0. The highest BCUT2D eigenvalue weighted by atomic mass is 32.1. The molecule has 0 aliphatic carbocycles. The lowest BCUT2D eigenvalue weighted by Gasteiger charge is -2.08. The Kier molecular flexibility index (Phi) is 9.70. The standard InChI is InChI=1S/C21H29N3OS2/c1-23-12-6-18(7-13-23)19-8-14-24(15-9-19)16-11-22-21(25)5-3-2-4-20(27)10-17-26/h6-9,12-15,20H,2-5,10-11,16-17H2,1H3,(H-2,22,25,26,27)/p+2. The maximum atomic E-state index is 11.9. The van der Waals surface area contributed by atoms with Gasteiger partial charge >= 0.3 is 0 Å². The van der Waals surface area contributed by atoms with Crippen LogP contribution in [0.2, 0.25) is 0 Å². The van der Waals surface area contributed by atoms with E-state index in [4.69, 9.17) is 0 Å². The molecule has 2 aromatic rings. The van der Waals surface area contributed by atoms with Gasteiger partial charge in [0.05, 0.1) is 6.54 Å². The third kappa shape index (κ3) is 8.35. The first-order chi connectivity index (χ1) is 13.1. The Hall–Kier alpha value is -1.53. The number of aromatic nitrogens is 2. The number of carbonyl (C=O) groups is 1. The number of nitrogens with one attached hydrogen (secondary N) is 1. The average Bonchev–Trinajstić information content (AvgIpc) is 2.67. The van der Waals surface area contributed by atoms with Crippen LogP contribution in [0.25, 0.3) is 11.1 Å². The van der Waals surface area contributed by atoms with Crippen LogP contribution in [0, 0.1) is 0 Å². The van der Waals surface area contributed by atoms with Gasteiger partial charge < -0.3 is 5.32 Å². The topological polar surface area (TPSA) is 36.9 Å². The Bertz CT molecular complexity index is 690. The van der Waals surface area contributed by atoms with Crippen molar-refractivity contribution in [1.29, 1.82) is 0 Å². The van der Waals surface area contributed by atoms with Crippen molar-refractivity contribution in [3.63, 3.8) is 0 Å². The minimum atomic E-state index is 0.134. The van der Waals surface area contributed by atoms with Gasteiger partial charge in [-0.15, -0.1) is 0 Å². The lowest BCUT2D eigenvalue weighted by atomic mass is 10.1. The number of hydrogen-bond donors (Lipinski definition) is 3. The second kappa shape index (κ2) is 12.0. The van der Waals surface area contributed by atoms with Gasteiger partial charge in [-0.3, -0.25) is 4.79 Å². The van der Waals surface area contributed by atoms with Crippen molar-refractivity contribution in [1.82, 2.24) is 5.32 Å². The molecule has 6 heteroatoms. The van der Waals surface area contributed by atoms with E-state index in [2.05, 4.69) is 71.8 Å². The molecule has 0 bridgehead atoms. The predicted molar refractivity (Wildman–Crippen MR) is 116 cm³/mol. The Morgan fingerprint density at radius 3 is 2.30 bits per heavy atom. The number of rotatable bonds is 11. The minimum Gasteiger partial charge on any atom is -0.350 e. The quantitative estimate of drug-likeness (QED) is 0.300. The summed E-state index contributed by atoms with van der Waals surface area (Å²) >= 11 is 8.73. The third-order valence-electron chi connectivity index (χ3n) is 4.55. The Morgan fingerprint density at radius 1 is 1.04 bits per heavy atom. The smallest absolute Gasteiger partial charge is 0.220 e. The number of unbranched alkanes of at least 4 members (excludes halogenated alkanes) is 1. The first-order valence-electron chi connectivity index (χ1n) is 9.59. The highest BCUT2D eigenvalue weighted by Crippen LogP contribution is 2.15. The highest BCUT2D eigenvalue weighted by Gasteiger charge is 2.07. The van der Waals surface area contributed by atoms with Crippen molar-refractivity contribution in [2.45, 2.75) is 43.9 Å². The molecule has 1 amide bonds. The molecule has 146 valence electrons. The van der Waals surface area contributed by atoms with Gasteiger partial charge in [0.25, 0.3) is 0 Å². The molecule has 2 rings (SSSR count). The molecular weight excluding hydrogens is 374 g/mol. The van der Waals surface area contributed by atoms with Gasteiger partial charge in [-0.2, -0.15) is 25.3 Å². The van der Waals surface area contributed by atoms with Gasteiger partial charge in [0.2, 0.25) is 5.91 Å². The van der Waals surface area contributed by atoms with Crippen LogP contribution in [-0.4, -0.2) is 23.5 Å². The molecule has 0 aromatic carbocycles. The Balaban J connectivity index is 1.65. The second-order valence-electron chi connectivity index (χ2n) is 6.84. The van der Waals surface area contributed by atoms with Crippen LogP contribution in [0.5, 0.6) is 0 Å². The molecule has 0 saturated heterocycles. The predicted octanol–water partition coefficient (Wildman–Crippen LogP) is 2.76. The summed E-state index contributed by atoms with van der Waals surface area (Å²) in [5.41, 5.74) is 2.39. The highest BCUT2D eigenvalue weighted by molar-refractivity contribution is 7.81. The molecule has 0 aliphatic heterocycles. The number of thiol groups is 2. The molecule has 0 saturated carbocycles. The minimum absolute atomic E-state index is 0.134. The summed E-state index contributed by atoms with van der Waals surface area (Å²) in [4.78, 5) is 11.9. The molecular formula is C21H31N3OS2+2. The van der Waals surface area contributed by atoms with E-state index in [-0.39, 0.29) is 5.91 Å². The van der Waals surface area contributed by atoms with Crippen LogP contribution in [0.15, 0.2) is 49.1 Å². The van der Waals surface area contributed by atoms with Crippen LogP contribution in [0.4, 0.5) is 0 Å².